The molecule has 3 aliphatic heterocycles. The number of fused-ring (bicyclic) bond motifs is 4. The van der Waals surface area contributed by atoms with Crippen LogP contribution in [-0.4, -0.2) is 92.6 Å². The Morgan fingerprint density at radius 3 is 1.52 bits per heavy atom. The highest BCUT2D eigenvalue weighted by atomic mass is 127. The Morgan fingerprint density at radius 2 is 1.04 bits per heavy atom. The van der Waals surface area contributed by atoms with Crippen LogP contribution in [0.3, 0.4) is 0 Å². The van der Waals surface area contributed by atoms with Crippen LogP contribution >= 0.6 is 47.0 Å². The number of aromatic nitrogens is 2. The van der Waals surface area contributed by atoms with E-state index in [-0.39, 0.29) is 65.9 Å². The summed E-state index contributed by atoms with van der Waals surface area (Å²) in [6.07, 6.45) is 7.18. The first-order valence-corrected chi connectivity index (χ1v) is 30.7. The van der Waals surface area contributed by atoms with Gasteiger partial charge in [0.05, 0.1) is 38.4 Å². The molecular weight excluding hydrogens is 1290 g/mol. The number of anilines is 2. The van der Waals surface area contributed by atoms with Gasteiger partial charge in [-0.05, 0) is 79.1 Å². The average molecular weight is 1360 g/mol. The molecule has 1 fully saturated rings. The zero-order valence-corrected chi connectivity index (χ0v) is 52.9. The van der Waals surface area contributed by atoms with E-state index in [1.165, 1.54) is 42.0 Å². The molecule has 0 radical (unpaired) electrons. The fourth-order valence-electron chi connectivity index (χ4n) is 10.6. The van der Waals surface area contributed by atoms with Gasteiger partial charge in [-0.1, -0.05) is 139 Å². The van der Waals surface area contributed by atoms with Gasteiger partial charge in [0.2, 0.25) is 44.3 Å². The first-order chi connectivity index (χ1) is 38.3. The van der Waals surface area contributed by atoms with E-state index in [0.717, 1.165) is 89.2 Å². The smallest absolute Gasteiger partial charge is 0.247 e. The number of carbonyl (C=O) groups excluding carboxylic acids is 2. The Hall–Kier alpha value is -5.06. The summed E-state index contributed by atoms with van der Waals surface area (Å²) in [5.41, 5.74) is 9.21. The summed E-state index contributed by atoms with van der Waals surface area (Å²) in [5, 5.41) is 13.5. The standard InChI is InChI=1S/C64H64N8O2S4.2HI/c1-4-58(66-60(74)33-41-76-64-45-47(43-62-68(3)55-29-16-18-31-57(55)78-62)51-25-12-14-27-53(51)72(64)49-22-9-6-10-23-49)70-38-36-69(37-39-70)35-19-34-65-59(73)32-40-75-63-44-46(42-61-67(2)54-28-15-17-30-56(54)77-61)50-24-11-13-26-52(50)71(63)48-20-7-5-8-21-48;;/h5-18,20-31,42-45,58H,4,19,32-41H2,1-3H3;2*1H. The highest BCUT2D eigenvalue weighted by Gasteiger charge is 2.29. The van der Waals surface area contributed by atoms with Gasteiger partial charge in [-0.25, -0.2) is 0 Å². The Kier molecular flexibility index (Phi) is 21.1. The minimum Gasteiger partial charge on any atom is -1.00 e. The van der Waals surface area contributed by atoms with E-state index in [1.807, 2.05) is 0 Å². The number of hydrogen-bond donors (Lipinski definition) is 2. The molecule has 1 saturated heterocycles. The Labute approximate surface area is 522 Å². The molecule has 0 aliphatic carbocycles. The molecule has 16 heteroatoms. The van der Waals surface area contributed by atoms with Gasteiger partial charge in [-0.2, -0.15) is 0 Å². The van der Waals surface area contributed by atoms with Crippen molar-refractivity contribution in [2.24, 2.45) is 0 Å². The summed E-state index contributed by atoms with van der Waals surface area (Å²) in [4.78, 5) is 39.0. The number of carbonyl (C=O) groups is 2. The number of benzene rings is 6. The zero-order chi connectivity index (χ0) is 53.4. The second-order valence-corrected chi connectivity index (χ2v) is 24.1. The van der Waals surface area contributed by atoms with Gasteiger partial charge in [-0.3, -0.25) is 14.5 Å². The van der Waals surface area contributed by atoms with Crippen molar-refractivity contribution in [3.05, 3.63) is 191 Å². The van der Waals surface area contributed by atoms with E-state index in [1.54, 1.807) is 47.0 Å². The zero-order valence-electron chi connectivity index (χ0n) is 45.3. The fraction of sp³-hybridized carbons (Fsp3) is 0.250. The van der Waals surface area contributed by atoms with Crippen LogP contribution < -0.4 is 77.5 Å². The van der Waals surface area contributed by atoms with E-state index in [0.29, 0.717) is 30.9 Å². The van der Waals surface area contributed by atoms with Crippen LogP contribution in [0.4, 0.5) is 11.4 Å². The van der Waals surface area contributed by atoms with Crippen molar-refractivity contribution in [3.63, 3.8) is 0 Å². The summed E-state index contributed by atoms with van der Waals surface area (Å²) in [6, 6.07) is 59.9. The van der Waals surface area contributed by atoms with Crippen LogP contribution in [-0.2, 0) is 9.59 Å². The largest absolute Gasteiger partial charge is 1.00 e. The first kappa shape index (κ1) is 59.6. The van der Waals surface area contributed by atoms with E-state index >= 15 is 0 Å². The quantitative estimate of drug-likeness (QED) is 0.0419. The number of piperazine rings is 1. The number of pyridine rings is 2. The summed E-state index contributed by atoms with van der Waals surface area (Å²) in [5.74, 6) is 1.47. The summed E-state index contributed by atoms with van der Waals surface area (Å²) in [6.45, 7) is 7.38. The Morgan fingerprint density at radius 1 is 0.588 bits per heavy atom. The lowest BCUT2D eigenvalue weighted by atomic mass is 10.1. The molecule has 80 heavy (non-hydrogen) atoms. The maximum atomic E-state index is 13.7. The lowest BCUT2D eigenvalue weighted by molar-refractivity contribution is -0.608. The fourth-order valence-corrected chi connectivity index (χ4v) is 14.9. The normalized spacial score (nSPS) is 15.6. The number of amides is 2. The molecule has 0 spiro atoms. The lowest BCUT2D eigenvalue weighted by Crippen LogP contribution is -3.00. The van der Waals surface area contributed by atoms with Crippen molar-refractivity contribution < 1.29 is 66.7 Å². The van der Waals surface area contributed by atoms with Crippen molar-refractivity contribution >= 4 is 104 Å². The summed E-state index contributed by atoms with van der Waals surface area (Å²) >= 11 is 7.06. The number of thioether (sulfide) groups is 4. The third kappa shape index (κ3) is 13.7. The predicted molar refractivity (Wildman–Crippen MR) is 327 cm³/mol. The van der Waals surface area contributed by atoms with E-state index in [2.05, 4.69) is 242 Å². The molecule has 1 atom stereocenters. The van der Waals surface area contributed by atoms with Crippen molar-refractivity contribution in [3.8, 4) is 11.4 Å². The van der Waals surface area contributed by atoms with Crippen LogP contribution in [0.15, 0.2) is 200 Å². The molecule has 10 nitrogen and oxygen atoms in total. The third-order valence-electron chi connectivity index (χ3n) is 14.7. The highest BCUT2D eigenvalue weighted by Crippen LogP contribution is 2.47. The van der Waals surface area contributed by atoms with Gasteiger partial charge < -0.3 is 73.3 Å². The summed E-state index contributed by atoms with van der Waals surface area (Å²) in [7, 11) is 4.28. The molecular formula is C64H66I2N8O2S4. The topological polar surface area (TPSA) is 78.9 Å². The Bertz CT molecular complexity index is 3530. The molecule has 2 aromatic heterocycles. The van der Waals surface area contributed by atoms with Gasteiger partial charge in [0, 0.05) is 129 Å². The third-order valence-corrected chi connectivity index (χ3v) is 19.1. The monoisotopic (exact) mass is 1360 g/mol. The van der Waals surface area contributed by atoms with E-state index < -0.39 is 0 Å². The second kappa shape index (κ2) is 28.3. The van der Waals surface area contributed by atoms with Crippen LogP contribution in [0.5, 0.6) is 0 Å². The molecule has 5 heterocycles. The highest BCUT2D eigenvalue weighted by molar-refractivity contribution is 8.04. The molecule has 1 unspecified atom stereocenters. The van der Waals surface area contributed by atoms with Crippen molar-refractivity contribution in [1.29, 1.82) is 0 Å². The van der Waals surface area contributed by atoms with Crippen LogP contribution in [0, 0.1) is 0 Å². The van der Waals surface area contributed by atoms with Crippen LogP contribution in [0.2, 0.25) is 0 Å². The molecule has 2 N–H and O–H groups in total. The maximum absolute atomic E-state index is 13.7. The summed E-state index contributed by atoms with van der Waals surface area (Å²) < 4.78 is 4.66. The molecule has 0 saturated carbocycles. The molecule has 3 aliphatic rings. The SMILES string of the molecule is CCC(NC(=O)CCSc1cc(C=C2Sc3ccccc3N2C)c2ccccc2[n+]1-c1ccccc1)N1CCN(CCCNC(=O)CCSc2cc(C=C3Sc4ccccc4N3C)c3ccccc3[n+]2-c2ccccc2)CC1.[I-].[I-]. The molecule has 2 amide bonds. The number of halogens is 2. The average Bonchev–Trinajstić information content (AvgIpc) is 4.05. The van der Waals surface area contributed by atoms with Gasteiger partial charge in [0.15, 0.2) is 0 Å². The minimum atomic E-state index is -0.00811. The van der Waals surface area contributed by atoms with Crippen molar-refractivity contribution in [2.45, 2.75) is 58.6 Å². The molecule has 412 valence electrons. The lowest BCUT2D eigenvalue weighted by Gasteiger charge is -2.39. The predicted octanol–water partition coefficient (Wildman–Crippen LogP) is 6.28. The molecule has 0 bridgehead atoms. The van der Waals surface area contributed by atoms with Crippen LogP contribution in [0.1, 0.15) is 43.7 Å². The molecule has 6 aromatic carbocycles. The number of rotatable bonds is 19. The number of hydrogen-bond acceptors (Lipinski definition) is 10. The van der Waals surface area contributed by atoms with E-state index in [4.69, 9.17) is 0 Å². The first-order valence-electron chi connectivity index (χ1n) is 27.1. The number of nitrogens with one attached hydrogen (secondary N) is 2. The molecule has 8 aromatic rings. The van der Waals surface area contributed by atoms with Gasteiger partial charge in [-0.15, -0.1) is 9.13 Å². The van der Waals surface area contributed by atoms with Gasteiger partial charge in [0.25, 0.3) is 0 Å². The van der Waals surface area contributed by atoms with Crippen molar-refractivity contribution in [2.75, 3.05) is 74.7 Å². The van der Waals surface area contributed by atoms with Gasteiger partial charge >= 0.3 is 0 Å². The molecule has 11 rings (SSSR count). The Balaban J connectivity index is 0.00000387. The van der Waals surface area contributed by atoms with Crippen molar-refractivity contribution in [1.82, 2.24) is 20.4 Å². The van der Waals surface area contributed by atoms with E-state index in [9.17, 15) is 9.59 Å². The minimum absolute atomic E-state index is 0. The second-order valence-electron chi connectivity index (χ2n) is 19.7. The number of nitrogens with zero attached hydrogens (tertiary/aromatic N) is 6. The number of para-hydroxylation sites is 6. The maximum Gasteiger partial charge on any atom is 0.247 e. The van der Waals surface area contributed by atoms with Gasteiger partial charge in [0.1, 0.15) is 0 Å². The van der Waals surface area contributed by atoms with Crippen LogP contribution in [0.25, 0.3) is 45.3 Å².